The first kappa shape index (κ1) is 22.8. The molecule has 4 aromatic heterocycles. The van der Waals surface area contributed by atoms with Gasteiger partial charge in [-0.15, -0.1) is 0 Å². The summed E-state index contributed by atoms with van der Waals surface area (Å²) in [5, 5.41) is 4.57. The summed E-state index contributed by atoms with van der Waals surface area (Å²) in [7, 11) is 0. The number of hydrogen-bond donors (Lipinski definition) is 2. The minimum atomic E-state index is -4.46. The third kappa shape index (κ3) is 4.95. The van der Waals surface area contributed by atoms with Crippen LogP contribution in [0, 0.1) is 0 Å². The van der Waals surface area contributed by atoms with Gasteiger partial charge in [-0.3, -0.25) is 14.8 Å². The molecule has 176 valence electrons. The smallest absolute Gasteiger partial charge is 0.348 e. The van der Waals surface area contributed by atoms with E-state index in [0.29, 0.717) is 39.3 Å². The van der Waals surface area contributed by atoms with Crippen molar-refractivity contribution in [3.05, 3.63) is 100 Å². The molecule has 2 N–H and O–H groups in total. The number of amides is 1. The Kier molecular flexibility index (Phi) is 5.86. The molecule has 0 spiro atoms. The van der Waals surface area contributed by atoms with Crippen LogP contribution in [0.1, 0.15) is 32.7 Å². The van der Waals surface area contributed by atoms with Crippen molar-refractivity contribution in [1.29, 1.82) is 0 Å². The Hall–Kier alpha value is -3.98. The molecule has 5 aromatic rings. The van der Waals surface area contributed by atoms with Crippen LogP contribution in [0.4, 0.5) is 13.2 Å². The predicted molar refractivity (Wildman–Crippen MR) is 126 cm³/mol. The predicted octanol–water partition coefficient (Wildman–Crippen LogP) is 5.70. The molecule has 0 radical (unpaired) electrons. The van der Waals surface area contributed by atoms with Gasteiger partial charge in [-0.05, 0) is 47.5 Å². The number of aromatic nitrogens is 4. The molecule has 1 aromatic carbocycles. The number of aromatic amines is 1. The average molecular weight is 496 g/mol. The van der Waals surface area contributed by atoms with Crippen LogP contribution < -0.4 is 5.32 Å². The summed E-state index contributed by atoms with van der Waals surface area (Å²) >= 11 is 6.13. The second kappa shape index (κ2) is 8.99. The van der Waals surface area contributed by atoms with Gasteiger partial charge < -0.3 is 10.3 Å². The Morgan fingerprint density at radius 3 is 2.69 bits per heavy atom. The van der Waals surface area contributed by atoms with Gasteiger partial charge in [0.1, 0.15) is 5.65 Å². The maximum Gasteiger partial charge on any atom is 0.417 e. The molecule has 35 heavy (non-hydrogen) atoms. The van der Waals surface area contributed by atoms with Gasteiger partial charge in [-0.2, -0.15) is 13.2 Å². The summed E-state index contributed by atoms with van der Waals surface area (Å²) in [6.07, 6.45) is 1.55. The Morgan fingerprint density at radius 2 is 1.86 bits per heavy atom. The third-order valence-electron chi connectivity index (χ3n) is 5.53. The van der Waals surface area contributed by atoms with Crippen LogP contribution >= 0.6 is 11.6 Å². The quantitative estimate of drug-likeness (QED) is 0.327. The van der Waals surface area contributed by atoms with Gasteiger partial charge in [0.25, 0.3) is 5.91 Å². The van der Waals surface area contributed by atoms with E-state index < -0.39 is 11.7 Å². The van der Waals surface area contributed by atoms with Crippen molar-refractivity contribution in [2.45, 2.75) is 19.1 Å². The highest BCUT2D eigenvalue weighted by molar-refractivity contribution is 6.35. The highest BCUT2D eigenvalue weighted by Gasteiger charge is 2.31. The molecule has 0 aliphatic rings. The zero-order chi connectivity index (χ0) is 24.6. The monoisotopic (exact) mass is 495 g/mol. The molecular formula is C25H17ClF3N5O. The van der Waals surface area contributed by atoms with Crippen molar-refractivity contribution in [3.8, 4) is 0 Å². The number of fused-ring (bicyclic) bond motifs is 2. The van der Waals surface area contributed by atoms with Crippen LogP contribution in [-0.4, -0.2) is 25.8 Å². The molecule has 0 aliphatic heterocycles. The summed E-state index contributed by atoms with van der Waals surface area (Å²) in [4.78, 5) is 28.2. The lowest BCUT2D eigenvalue weighted by Crippen LogP contribution is -2.23. The molecule has 1 amide bonds. The number of pyridine rings is 3. The Bertz CT molecular complexity index is 1560. The average Bonchev–Trinajstić information content (AvgIpc) is 3.21. The number of alkyl halides is 3. The Morgan fingerprint density at radius 1 is 1.00 bits per heavy atom. The number of benzene rings is 1. The fraction of sp³-hybridized carbons (Fsp3) is 0.120. The molecule has 6 nitrogen and oxygen atoms in total. The fourth-order valence-electron chi connectivity index (χ4n) is 3.77. The van der Waals surface area contributed by atoms with Crippen LogP contribution in [-0.2, 0) is 19.1 Å². The second-order valence-corrected chi connectivity index (χ2v) is 8.43. The molecule has 4 heterocycles. The summed E-state index contributed by atoms with van der Waals surface area (Å²) in [5.74, 6) is -0.286. The summed E-state index contributed by atoms with van der Waals surface area (Å²) < 4.78 is 39.1. The number of H-pyrrole nitrogens is 1. The van der Waals surface area contributed by atoms with Crippen LogP contribution in [0.2, 0.25) is 5.02 Å². The fourth-order valence-corrected chi connectivity index (χ4v) is 3.97. The number of carbonyl (C=O) groups excluding carboxylic acids is 1. The summed E-state index contributed by atoms with van der Waals surface area (Å²) in [6, 6.07) is 11.3. The number of nitrogens with one attached hydrogen (secondary N) is 2. The molecule has 5 rings (SSSR count). The normalized spacial score (nSPS) is 11.8. The van der Waals surface area contributed by atoms with Crippen LogP contribution in [0.15, 0.2) is 67.3 Å². The van der Waals surface area contributed by atoms with Gasteiger partial charge in [0.05, 0.1) is 16.1 Å². The van der Waals surface area contributed by atoms with E-state index in [9.17, 15) is 18.0 Å². The van der Waals surface area contributed by atoms with Crippen molar-refractivity contribution in [2.24, 2.45) is 0 Å². The van der Waals surface area contributed by atoms with Gasteiger partial charge >= 0.3 is 6.18 Å². The van der Waals surface area contributed by atoms with Crippen LogP contribution in [0.25, 0.3) is 21.9 Å². The first-order valence-corrected chi connectivity index (χ1v) is 10.9. The van der Waals surface area contributed by atoms with Gasteiger partial charge in [0.2, 0.25) is 0 Å². The molecular weight excluding hydrogens is 479 g/mol. The molecule has 0 bridgehead atoms. The lowest BCUT2D eigenvalue weighted by atomic mass is 10.0. The van der Waals surface area contributed by atoms with E-state index in [2.05, 4.69) is 25.3 Å². The second-order valence-electron chi connectivity index (χ2n) is 8.02. The lowest BCUT2D eigenvalue weighted by Gasteiger charge is -2.09. The Labute approximate surface area is 202 Å². The van der Waals surface area contributed by atoms with Crippen molar-refractivity contribution in [3.63, 3.8) is 0 Å². The number of nitrogens with zero attached hydrogens (tertiary/aromatic N) is 3. The zero-order valence-corrected chi connectivity index (χ0v) is 18.8. The van der Waals surface area contributed by atoms with E-state index in [1.54, 1.807) is 42.7 Å². The molecule has 0 aliphatic carbocycles. The van der Waals surface area contributed by atoms with Gasteiger partial charge in [-0.25, -0.2) is 4.98 Å². The lowest BCUT2D eigenvalue weighted by molar-refractivity contribution is -0.137. The van der Waals surface area contributed by atoms with E-state index in [0.717, 1.165) is 28.8 Å². The molecule has 10 heteroatoms. The zero-order valence-electron chi connectivity index (χ0n) is 18.0. The highest BCUT2D eigenvalue weighted by atomic mass is 35.5. The van der Waals surface area contributed by atoms with Crippen LogP contribution in [0.5, 0.6) is 0 Å². The number of carbonyl (C=O) groups is 1. The van der Waals surface area contributed by atoms with Gasteiger partial charge in [-0.1, -0.05) is 17.7 Å². The minimum Gasteiger partial charge on any atom is -0.348 e. The molecule has 0 saturated heterocycles. The van der Waals surface area contributed by atoms with Crippen molar-refractivity contribution in [2.75, 3.05) is 0 Å². The summed E-state index contributed by atoms with van der Waals surface area (Å²) in [5.41, 5.74) is 2.92. The minimum absolute atomic E-state index is 0.264. The Balaban J connectivity index is 1.30. The van der Waals surface area contributed by atoms with Crippen molar-refractivity contribution in [1.82, 2.24) is 25.3 Å². The van der Waals surface area contributed by atoms with Crippen molar-refractivity contribution >= 4 is 39.4 Å². The SMILES string of the molecule is O=C(NCc1cnc2[nH]cc(Cl)c2c1)c1ccnc(Cc2ccc3ncc(C(F)(F)F)cc3c2)c1. The highest BCUT2D eigenvalue weighted by Crippen LogP contribution is 2.30. The van der Waals surface area contributed by atoms with E-state index in [4.69, 9.17) is 11.6 Å². The largest absolute Gasteiger partial charge is 0.417 e. The molecule has 0 atom stereocenters. The number of hydrogen-bond acceptors (Lipinski definition) is 4. The summed E-state index contributed by atoms with van der Waals surface area (Å²) in [6.45, 7) is 0.264. The number of rotatable bonds is 5. The number of halogens is 4. The van der Waals surface area contributed by atoms with Crippen molar-refractivity contribution < 1.29 is 18.0 Å². The van der Waals surface area contributed by atoms with E-state index in [1.165, 1.54) is 6.20 Å². The molecule has 0 fully saturated rings. The van der Waals surface area contributed by atoms with E-state index in [-0.39, 0.29) is 12.5 Å². The standard InChI is InChI=1S/C25H17ClF3N5O/c26-21-13-33-23-20(21)7-15(10-32-23)11-34-24(35)16-3-4-30-19(9-16)6-14-1-2-22-17(5-14)8-18(12-31-22)25(27,28)29/h1-5,7-10,12-13H,6,11H2,(H,32,33)(H,34,35). The maximum absolute atomic E-state index is 13.0. The first-order chi connectivity index (χ1) is 16.8. The first-order valence-electron chi connectivity index (χ1n) is 10.6. The third-order valence-corrected chi connectivity index (χ3v) is 5.84. The van der Waals surface area contributed by atoms with E-state index >= 15 is 0 Å². The van der Waals surface area contributed by atoms with Gasteiger partial charge in [0, 0.05) is 59.8 Å². The van der Waals surface area contributed by atoms with Crippen LogP contribution in [0.3, 0.4) is 0 Å². The molecule has 0 saturated carbocycles. The van der Waals surface area contributed by atoms with Gasteiger partial charge in [0.15, 0.2) is 0 Å². The molecule has 0 unspecified atom stereocenters. The maximum atomic E-state index is 13.0. The van der Waals surface area contributed by atoms with E-state index in [1.807, 2.05) is 6.07 Å². The topological polar surface area (TPSA) is 83.6 Å².